The van der Waals surface area contributed by atoms with Crippen LogP contribution in [-0.2, 0) is 4.79 Å². The average molecular weight is 393 g/mol. The van der Waals surface area contributed by atoms with E-state index in [1.165, 1.54) is 0 Å². The van der Waals surface area contributed by atoms with Crippen molar-refractivity contribution in [3.63, 3.8) is 0 Å². The van der Waals surface area contributed by atoms with Crippen LogP contribution in [-0.4, -0.2) is 22.1 Å². The van der Waals surface area contributed by atoms with Gasteiger partial charge in [-0.15, -0.1) is 13.2 Å². The van der Waals surface area contributed by atoms with Gasteiger partial charge in [0.25, 0.3) is 0 Å². The van der Waals surface area contributed by atoms with Gasteiger partial charge in [0, 0.05) is 17.4 Å². The number of carbonyl (C=O) groups excluding carboxylic acids is 1. The molecule has 0 bridgehead atoms. The fourth-order valence-electron chi connectivity index (χ4n) is 3.12. The molecule has 152 valence electrons. The van der Waals surface area contributed by atoms with Gasteiger partial charge in [-0.3, -0.25) is 9.78 Å². The second kappa shape index (κ2) is 10.2. The molecule has 0 aliphatic carbocycles. The quantitative estimate of drug-likeness (QED) is 0.521. The van der Waals surface area contributed by atoms with Crippen molar-refractivity contribution >= 4 is 17.7 Å². The summed E-state index contributed by atoms with van der Waals surface area (Å²) < 4.78 is 0. The predicted octanol–water partition coefficient (Wildman–Crippen LogP) is 5.03. The third kappa shape index (κ3) is 5.78. The molecule has 1 heterocycles. The Kier molecular flexibility index (Phi) is 7.71. The van der Waals surface area contributed by atoms with Crippen molar-refractivity contribution in [1.82, 2.24) is 10.3 Å². The molecular weight excluding hydrogens is 366 g/mol. The Morgan fingerprint density at radius 1 is 1.21 bits per heavy atom. The SMILES string of the molecule is C=CC[C@H](NC(=O)O)c1cc(-c2ccccc2NC(=O)C(C=C)C(C)C)ccn1. The molecule has 0 fully saturated rings. The summed E-state index contributed by atoms with van der Waals surface area (Å²) in [5.74, 6) is -0.282. The van der Waals surface area contributed by atoms with Crippen molar-refractivity contribution < 1.29 is 14.7 Å². The number of hydrogen-bond donors (Lipinski definition) is 3. The summed E-state index contributed by atoms with van der Waals surface area (Å²) in [6.45, 7) is 11.4. The third-order valence-corrected chi connectivity index (χ3v) is 4.61. The van der Waals surface area contributed by atoms with E-state index in [1.54, 1.807) is 18.3 Å². The van der Waals surface area contributed by atoms with Gasteiger partial charge in [-0.2, -0.15) is 0 Å². The van der Waals surface area contributed by atoms with Crippen molar-refractivity contribution in [3.05, 3.63) is 73.6 Å². The maximum absolute atomic E-state index is 12.7. The Balaban J connectivity index is 2.38. The number of nitrogens with one attached hydrogen (secondary N) is 2. The number of carbonyl (C=O) groups is 2. The number of benzene rings is 1. The number of aromatic nitrogens is 1. The van der Waals surface area contributed by atoms with Gasteiger partial charge in [-0.25, -0.2) is 4.79 Å². The molecule has 0 aliphatic rings. The van der Waals surface area contributed by atoms with Gasteiger partial charge < -0.3 is 15.7 Å². The van der Waals surface area contributed by atoms with Crippen molar-refractivity contribution in [1.29, 1.82) is 0 Å². The fourth-order valence-corrected chi connectivity index (χ4v) is 3.12. The minimum Gasteiger partial charge on any atom is -0.465 e. The number of nitrogens with zero attached hydrogens (tertiary/aromatic N) is 1. The molecule has 0 radical (unpaired) electrons. The van der Waals surface area contributed by atoms with E-state index in [-0.39, 0.29) is 17.7 Å². The second-order valence-corrected chi connectivity index (χ2v) is 7.04. The van der Waals surface area contributed by atoms with E-state index < -0.39 is 12.1 Å². The van der Waals surface area contributed by atoms with Crippen LogP contribution in [0.3, 0.4) is 0 Å². The molecular formula is C23H27N3O3. The van der Waals surface area contributed by atoms with Gasteiger partial charge in [0.15, 0.2) is 0 Å². The fraction of sp³-hybridized carbons (Fsp3) is 0.261. The van der Waals surface area contributed by atoms with Crippen LogP contribution in [0.15, 0.2) is 67.9 Å². The molecule has 1 unspecified atom stereocenters. The van der Waals surface area contributed by atoms with Crippen LogP contribution in [0, 0.1) is 11.8 Å². The van der Waals surface area contributed by atoms with Gasteiger partial charge >= 0.3 is 6.09 Å². The first kappa shape index (κ1) is 21.9. The molecule has 3 N–H and O–H groups in total. The largest absolute Gasteiger partial charge is 0.465 e. The summed E-state index contributed by atoms with van der Waals surface area (Å²) in [6, 6.07) is 10.6. The van der Waals surface area contributed by atoms with E-state index >= 15 is 0 Å². The predicted molar refractivity (Wildman–Crippen MR) is 116 cm³/mol. The standard InChI is InChI=1S/C23H27N3O3/c1-5-9-20(26-23(28)29)21-14-16(12-13-24-21)18-10-7-8-11-19(18)25-22(27)17(6-2)15(3)4/h5-8,10-15,17,20,26H,1-2,9H2,3-4H3,(H,25,27)(H,28,29)/t17?,20-/m0/s1. The molecule has 2 amide bonds. The monoisotopic (exact) mass is 393 g/mol. The summed E-state index contributed by atoms with van der Waals surface area (Å²) >= 11 is 0. The summed E-state index contributed by atoms with van der Waals surface area (Å²) in [4.78, 5) is 28.1. The highest BCUT2D eigenvalue weighted by Gasteiger charge is 2.20. The molecule has 0 spiro atoms. The Labute approximate surface area is 171 Å². The van der Waals surface area contributed by atoms with E-state index in [4.69, 9.17) is 5.11 Å². The summed E-state index contributed by atoms with van der Waals surface area (Å²) in [6.07, 6.45) is 4.22. The molecule has 29 heavy (non-hydrogen) atoms. The normalized spacial score (nSPS) is 12.7. The number of pyridine rings is 1. The molecule has 6 nitrogen and oxygen atoms in total. The first-order valence-corrected chi connectivity index (χ1v) is 9.46. The molecule has 2 rings (SSSR count). The van der Waals surface area contributed by atoms with Crippen molar-refractivity contribution in [3.8, 4) is 11.1 Å². The number of hydrogen-bond acceptors (Lipinski definition) is 3. The maximum atomic E-state index is 12.7. The lowest BCUT2D eigenvalue weighted by atomic mass is 9.94. The minimum atomic E-state index is -1.12. The number of para-hydroxylation sites is 1. The number of carboxylic acid groups (broad SMARTS) is 1. The van der Waals surface area contributed by atoms with Crippen LogP contribution in [0.25, 0.3) is 11.1 Å². The zero-order valence-electron chi connectivity index (χ0n) is 16.8. The smallest absolute Gasteiger partial charge is 0.405 e. The lowest BCUT2D eigenvalue weighted by Crippen LogP contribution is -2.27. The minimum absolute atomic E-state index is 0.117. The summed E-state index contributed by atoms with van der Waals surface area (Å²) in [5.41, 5.74) is 2.90. The Hall–Kier alpha value is -3.41. The van der Waals surface area contributed by atoms with Crippen LogP contribution in [0.4, 0.5) is 10.5 Å². The Morgan fingerprint density at radius 3 is 2.55 bits per heavy atom. The van der Waals surface area contributed by atoms with Crippen molar-refractivity contribution in [2.75, 3.05) is 5.32 Å². The van der Waals surface area contributed by atoms with Crippen molar-refractivity contribution in [2.24, 2.45) is 11.8 Å². The lowest BCUT2D eigenvalue weighted by Gasteiger charge is -2.19. The lowest BCUT2D eigenvalue weighted by molar-refractivity contribution is -0.119. The molecule has 0 saturated heterocycles. The second-order valence-electron chi connectivity index (χ2n) is 7.04. The van der Waals surface area contributed by atoms with Gasteiger partial charge in [0.2, 0.25) is 5.91 Å². The van der Waals surface area contributed by atoms with E-state index in [2.05, 4.69) is 28.8 Å². The Morgan fingerprint density at radius 2 is 1.93 bits per heavy atom. The maximum Gasteiger partial charge on any atom is 0.405 e. The van der Waals surface area contributed by atoms with Crippen LogP contribution in [0.5, 0.6) is 0 Å². The van der Waals surface area contributed by atoms with E-state index in [1.807, 2.05) is 50.2 Å². The molecule has 0 saturated carbocycles. The first-order valence-electron chi connectivity index (χ1n) is 9.46. The zero-order valence-corrected chi connectivity index (χ0v) is 16.8. The van der Waals surface area contributed by atoms with E-state index in [0.29, 0.717) is 17.8 Å². The average Bonchev–Trinajstić information content (AvgIpc) is 2.68. The first-order chi connectivity index (χ1) is 13.9. The highest BCUT2D eigenvalue weighted by molar-refractivity contribution is 5.97. The number of anilines is 1. The van der Waals surface area contributed by atoms with Crippen LogP contribution in [0.2, 0.25) is 0 Å². The number of amides is 2. The Bertz CT molecular complexity index is 892. The van der Waals surface area contributed by atoms with Gasteiger partial charge in [-0.1, -0.05) is 44.2 Å². The molecule has 2 aromatic rings. The summed E-state index contributed by atoms with van der Waals surface area (Å²) in [5, 5.41) is 14.5. The molecule has 6 heteroatoms. The molecule has 1 aromatic heterocycles. The van der Waals surface area contributed by atoms with Crippen molar-refractivity contribution in [2.45, 2.75) is 26.3 Å². The number of rotatable bonds is 9. The van der Waals surface area contributed by atoms with Crippen LogP contribution in [0.1, 0.15) is 32.0 Å². The van der Waals surface area contributed by atoms with Gasteiger partial charge in [-0.05, 0) is 36.1 Å². The molecule has 1 aromatic carbocycles. The van der Waals surface area contributed by atoms with E-state index in [0.717, 1.165) is 11.1 Å². The molecule has 0 aliphatic heterocycles. The van der Waals surface area contributed by atoms with Crippen LogP contribution < -0.4 is 10.6 Å². The van der Waals surface area contributed by atoms with Gasteiger partial charge in [0.1, 0.15) is 0 Å². The zero-order chi connectivity index (χ0) is 21.4. The van der Waals surface area contributed by atoms with E-state index in [9.17, 15) is 9.59 Å². The molecule has 2 atom stereocenters. The third-order valence-electron chi connectivity index (χ3n) is 4.61. The topological polar surface area (TPSA) is 91.3 Å². The van der Waals surface area contributed by atoms with Crippen LogP contribution >= 0.6 is 0 Å². The highest BCUT2D eigenvalue weighted by Crippen LogP contribution is 2.30. The van der Waals surface area contributed by atoms with Gasteiger partial charge in [0.05, 0.1) is 17.7 Å². The summed E-state index contributed by atoms with van der Waals surface area (Å²) in [7, 11) is 0. The highest BCUT2D eigenvalue weighted by atomic mass is 16.4.